The van der Waals surface area contributed by atoms with Gasteiger partial charge in [0.15, 0.2) is 0 Å². The van der Waals surface area contributed by atoms with Gasteiger partial charge in [-0.1, -0.05) is 6.42 Å². The van der Waals surface area contributed by atoms with Crippen LogP contribution in [-0.4, -0.2) is 23.2 Å². The fraction of sp³-hybridized carbons (Fsp3) is 0.692. The Bertz CT molecular complexity index is 408. The van der Waals surface area contributed by atoms with E-state index in [-0.39, 0.29) is 6.10 Å². The van der Waals surface area contributed by atoms with E-state index in [1.807, 2.05) is 6.92 Å². The molecule has 0 bridgehead atoms. The van der Waals surface area contributed by atoms with Crippen molar-refractivity contribution in [2.75, 3.05) is 12.5 Å². The Morgan fingerprint density at radius 3 is 2.78 bits per heavy atom. The fourth-order valence-corrected chi connectivity index (χ4v) is 2.37. The summed E-state index contributed by atoms with van der Waals surface area (Å²) < 4.78 is 5.26. The largest absolute Gasteiger partial charge is 0.381 e. The van der Waals surface area contributed by atoms with Gasteiger partial charge in [0.05, 0.1) is 6.10 Å². The lowest BCUT2D eigenvalue weighted by Gasteiger charge is -2.14. The van der Waals surface area contributed by atoms with E-state index >= 15 is 0 Å². The van der Waals surface area contributed by atoms with Crippen LogP contribution in [0, 0.1) is 0 Å². The highest BCUT2D eigenvalue weighted by Gasteiger charge is 2.17. The number of hydrazine groups is 1. The van der Waals surface area contributed by atoms with Gasteiger partial charge in [-0.2, -0.15) is 0 Å². The van der Waals surface area contributed by atoms with Gasteiger partial charge in [-0.3, -0.25) is 0 Å². The second kappa shape index (κ2) is 6.11. The summed E-state index contributed by atoms with van der Waals surface area (Å²) in [5.41, 5.74) is 5.08. The highest BCUT2D eigenvalue weighted by atomic mass is 16.5. The number of nitrogens with one attached hydrogen (secondary N) is 1. The zero-order valence-corrected chi connectivity index (χ0v) is 11.2. The number of methoxy groups -OCH3 is 1. The van der Waals surface area contributed by atoms with Crippen LogP contribution in [0.2, 0.25) is 0 Å². The Kier molecular flexibility index (Phi) is 4.49. The summed E-state index contributed by atoms with van der Waals surface area (Å²) in [6.07, 6.45) is 6.55. The molecule has 2 rings (SSSR count). The van der Waals surface area contributed by atoms with Crippen LogP contribution in [0.15, 0.2) is 0 Å². The molecule has 1 aromatic heterocycles. The van der Waals surface area contributed by atoms with Crippen molar-refractivity contribution < 1.29 is 4.74 Å². The molecule has 1 unspecified atom stereocenters. The van der Waals surface area contributed by atoms with Crippen molar-refractivity contribution >= 4 is 5.82 Å². The molecule has 3 N–H and O–H groups in total. The summed E-state index contributed by atoms with van der Waals surface area (Å²) in [4.78, 5) is 9.19. The van der Waals surface area contributed by atoms with E-state index in [0.29, 0.717) is 0 Å². The summed E-state index contributed by atoms with van der Waals surface area (Å²) >= 11 is 0. The molecule has 0 saturated heterocycles. The van der Waals surface area contributed by atoms with Crippen LogP contribution in [0.3, 0.4) is 0 Å². The SMILES string of the molecule is COC(C)Cc1nc2c(c(NN)n1)CCCCC2. The van der Waals surface area contributed by atoms with E-state index in [9.17, 15) is 0 Å². The monoisotopic (exact) mass is 250 g/mol. The molecule has 0 fully saturated rings. The van der Waals surface area contributed by atoms with Gasteiger partial charge in [0.25, 0.3) is 0 Å². The van der Waals surface area contributed by atoms with Crippen molar-refractivity contribution in [2.45, 2.75) is 51.6 Å². The van der Waals surface area contributed by atoms with Crippen molar-refractivity contribution in [1.82, 2.24) is 9.97 Å². The Labute approximate surface area is 108 Å². The third kappa shape index (κ3) is 2.97. The molecule has 0 amide bonds. The highest BCUT2D eigenvalue weighted by molar-refractivity contribution is 5.46. The zero-order chi connectivity index (χ0) is 13.0. The summed E-state index contributed by atoms with van der Waals surface area (Å²) in [6, 6.07) is 0. The molecule has 1 aliphatic rings. The van der Waals surface area contributed by atoms with Crippen molar-refractivity contribution in [3.8, 4) is 0 Å². The van der Waals surface area contributed by atoms with Crippen molar-refractivity contribution in [1.29, 1.82) is 0 Å². The lowest BCUT2D eigenvalue weighted by Crippen LogP contribution is -2.18. The minimum absolute atomic E-state index is 0.124. The fourth-order valence-electron chi connectivity index (χ4n) is 2.37. The Balaban J connectivity index is 2.30. The van der Waals surface area contributed by atoms with Gasteiger partial charge in [0.2, 0.25) is 0 Å². The number of nitrogens with zero attached hydrogens (tertiary/aromatic N) is 2. The number of nitrogen functional groups attached to an aromatic ring is 1. The first-order valence-electron chi connectivity index (χ1n) is 6.62. The normalized spacial score (nSPS) is 16.8. The van der Waals surface area contributed by atoms with Crippen LogP contribution in [0.5, 0.6) is 0 Å². The van der Waals surface area contributed by atoms with Crippen LogP contribution in [-0.2, 0) is 24.0 Å². The molecule has 0 radical (unpaired) electrons. The number of anilines is 1. The molecule has 5 heteroatoms. The number of aryl methyl sites for hydroxylation is 1. The molecule has 1 aliphatic carbocycles. The number of nitrogens with two attached hydrogens (primary N) is 1. The summed E-state index contributed by atoms with van der Waals surface area (Å²) in [6.45, 7) is 2.02. The van der Waals surface area contributed by atoms with E-state index in [1.54, 1.807) is 7.11 Å². The van der Waals surface area contributed by atoms with Crippen LogP contribution in [0.25, 0.3) is 0 Å². The summed E-state index contributed by atoms with van der Waals surface area (Å²) in [7, 11) is 1.70. The predicted molar refractivity (Wildman–Crippen MR) is 71.3 cm³/mol. The van der Waals surface area contributed by atoms with E-state index in [2.05, 4.69) is 15.4 Å². The number of fused-ring (bicyclic) bond motifs is 1. The topological polar surface area (TPSA) is 73.1 Å². The van der Waals surface area contributed by atoms with Crippen molar-refractivity contribution in [3.05, 3.63) is 17.1 Å². The second-order valence-corrected chi connectivity index (χ2v) is 4.87. The van der Waals surface area contributed by atoms with Gasteiger partial charge < -0.3 is 10.2 Å². The highest BCUT2D eigenvalue weighted by Crippen LogP contribution is 2.24. The maximum atomic E-state index is 5.59. The molecule has 1 atom stereocenters. The molecule has 18 heavy (non-hydrogen) atoms. The van der Waals surface area contributed by atoms with Gasteiger partial charge >= 0.3 is 0 Å². The molecule has 0 saturated carbocycles. The lowest BCUT2D eigenvalue weighted by molar-refractivity contribution is 0.117. The van der Waals surface area contributed by atoms with Crippen LogP contribution < -0.4 is 11.3 Å². The smallest absolute Gasteiger partial charge is 0.147 e. The quantitative estimate of drug-likeness (QED) is 0.482. The third-order valence-corrected chi connectivity index (χ3v) is 3.49. The van der Waals surface area contributed by atoms with E-state index in [1.165, 1.54) is 24.8 Å². The van der Waals surface area contributed by atoms with Crippen LogP contribution in [0.4, 0.5) is 5.82 Å². The van der Waals surface area contributed by atoms with Crippen LogP contribution in [0.1, 0.15) is 43.3 Å². The molecule has 1 aromatic rings. The van der Waals surface area contributed by atoms with E-state index < -0.39 is 0 Å². The summed E-state index contributed by atoms with van der Waals surface area (Å²) in [5, 5.41) is 0. The first kappa shape index (κ1) is 13.2. The molecular weight excluding hydrogens is 228 g/mol. The van der Waals surface area contributed by atoms with Gasteiger partial charge in [0, 0.05) is 24.8 Å². The van der Waals surface area contributed by atoms with E-state index in [4.69, 9.17) is 10.6 Å². The molecule has 100 valence electrons. The molecular formula is C13H22N4O. The van der Waals surface area contributed by atoms with Gasteiger partial charge in [-0.25, -0.2) is 15.8 Å². The van der Waals surface area contributed by atoms with Gasteiger partial charge in [0.1, 0.15) is 11.6 Å². The number of ether oxygens (including phenoxy) is 1. The first-order valence-corrected chi connectivity index (χ1v) is 6.62. The van der Waals surface area contributed by atoms with Gasteiger partial charge in [-0.05, 0) is 32.6 Å². The maximum absolute atomic E-state index is 5.59. The maximum Gasteiger partial charge on any atom is 0.147 e. The minimum Gasteiger partial charge on any atom is -0.381 e. The third-order valence-electron chi connectivity index (χ3n) is 3.49. The predicted octanol–water partition coefficient (Wildman–Crippen LogP) is 1.61. The Hall–Kier alpha value is -1.20. The standard InChI is InChI=1S/C13H22N4O/c1-9(18-2)8-12-15-11-7-5-3-4-6-10(11)13(16-12)17-14/h9H,3-8,14H2,1-2H3,(H,15,16,17). The van der Waals surface area contributed by atoms with Gasteiger partial charge in [-0.15, -0.1) is 0 Å². The number of hydrogen-bond donors (Lipinski definition) is 2. The average Bonchev–Trinajstić information content (AvgIpc) is 2.62. The molecule has 0 aliphatic heterocycles. The van der Waals surface area contributed by atoms with E-state index in [0.717, 1.165) is 36.6 Å². The van der Waals surface area contributed by atoms with Crippen molar-refractivity contribution in [2.24, 2.45) is 5.84 Å². The lowest BCUT2D eigenvalue weighted by atomic mass is 10.1. The first-order chi connectivity index (χ1) is 8.74. The second-order valence-electron chi connectivity index (χ2n) is 4.87. The summed E-state index contributed by atoms with van der Waals surface area (Å²) in [5.74, 6) is 7.19. The molecule has 1 heterocycles. The average molecular weight is 250 g/mol. The Morgan fingerprint density at radius 2 is 2.06 bits per heavy atom. The number of rotatable bonds is 4. The molecule has 5 nitrogen and oxygen atoms in total. The number of hydrogen-bond acceptors (Lipinski definition) is 5. The van der Waals surface area contributed by atoms with Crippen molar-refractivity contribution in [3.63, 3.8) is 0 Å². The number of aromatic nitrogens is 2. The van der Waals surface area contributed by atoms with Crippen LogP contribution >= 0.6 is 0 Å². The minimum atomic E-state index is 0.124. The Morgan fingerprint density at radius 1 is 1.28 bits per heavy atom. The zero-order valence-electron chi connectivity index (χ0n) is 11.2. The molecule has 0 aromatic carbocycles. The molecule has 0 spiro atoms.